The Morgan fingerprint density at radius 1 is 1.14 bits per heavy atom. The summed E-state index contributed by atoms with van der Waals surface area (Å²) in [5.74, 6) is 1.90. The number of allylic oxidation sites excluding steroid dienone is 2. The third kappa shape index (κ3) is 5.12. The van der Waals surface area contributed by atoms with Gasteiger partial charge in [-0.1, -0.05) is 47.1 Å². The minimum Gasteiger partial charge on any atom is -0.340 e. The van der Waals surface area contributed by atoms with Crippen molar-refractivity contribution in [3.8, 4) is 11.4 Å². The molecule has 1 aliphatic heterocycles. The zero-order valence-electron chi connectivity index (χ0n) is 17.2. The molecule has 2 aromatic rings. The Morgan fingerprint density at radius 3 is 2.66 bits per heavy atom. The first-order valence-corrected chi connectivity index (χ1v) is 10.7. The lowest BCUT2D eigenvalue weighted by Crippen LogP contribution is -2.50. The van der Waals surface area contributed by atoms with E-state index in [1.54, 1.807) is 0 Å². The molecule has 1 atom stereocenters. The first kappa shape index (κ1) is 19.8. The molecule has 1 fully saturated rings. The summed E-state index contributed by atoms with van der Waals surface area (Å²) in [5.41, 5.74) is 2.20. The SMILES string of the molecule is Cc1ccc(-c2noc(CCCN3CCN(C(=O)C4CC=CCC4)CC3)n2)cc1. The van der Waals surface area contributed by atoms with E-state index in [-0.39, 0.29) is 5.92 Å². The molecule has 1 aromatic heterocycles. The van der Waals surface area contributed by atoms with Crippen molar-refractivity contribution in [2.24, 2.45) is 5.92 Å². The van der Waals surface area contributed by atoms with Crippen LogP contribution < -0.4 is 0 Å². The number of amides is 1. The van der Waals surface area contributed by atoms with E-state index < -0.39 is 0 Å². The Balaban J connectivity index is 1.19. The molecule has 29 heavy (non-hydrogen) atoms. The van der Waals surface area contributed by atoms with Crippen LogP contribution in [-0.4, -0.2) is 58.6 Å². The van der Waals surface area contributed by atoms with Gasteiger partial charge in [0.05, 0.1) is 0 Å². The molecule has 1 aliphatic carbocycles. The molecule has 1 unspecified atom stereocenters. The number of hydrogen-bond donors (Lipinski definition) is 0. The lowest BCUT2D eigenvalue weighted by atomic mass is 9.93. The number of piperazine rings is 1. The Bertz CT molecular complexity index is 835. The largest absolute Gasteiger partial charge is 0.340 e. The standard InChI is InChI=1S/C23H30N4O2/c1-18-9-11-19(12-10-18)22-24-21(29-25-22)8-5-13-26-14-16-27(17-15-26)23(28)20-6-3-2-4-7-20/h2-3,9-12,20H,4-8,13-17H2,1H3. The third-order valence-electron chi connectivity index (χ3n) is 5.95. The molecule has 0 radical (unpaired) electrons. The second-order valence-corrected chi connectivity index (χ2v) is 8.13. The predicted octanol–water partition coefficient (Wildman–Crippen LogP) is 3.48. The lowest BCUT2D eigenvalue weighted by Gasteiger charge is -2.36. The van der Waals surface area contributed by atoms with E-state index in [1.165, 1.54) is 5.56 Å². The fraction of sp³-hybridized carbons (Fsp3) is 0.522. The first-order chi connectivity index (χ1) is 14.2. The molecule has 4 rings (SSSR count). The molecule has 2 heterocycles. The monoisotopic (exact) mass is 394 g/mol. The van der Waals surface area contributed by atoms with Crippen LogP contribution in [0.4, 0.5) is 0 Å². The Hall–Kier alpha value is -2.47. The van der Waals surface area contributed by atoms with Crippen LogP contribution in [0.15, 0.2) is 40.9 Å². The van der Waals surface area contributed by atoms with E-state index in [0.717, 1.165) is 70.4 Å². The average Bonchev–Trinajstić information content (AvgIpc) is 3.24. The minimum absolute atomic E-state index is 0.201. The number of carbonyl (C=O) groups is 1. The van der Waals surface area contributed by atoms with E-state index in [9.17, 15) is 4.79 Å². The summed E-state index contributed by atoms with van der Waals surface area (Å²) in [6, 6.07) is 8.16. The highest BCUT2D eigenvalue weighted by Gasteiger charge is 2.27. The molecule has 154 valence electrons. The fourth-order valence-electron chi connectivity index (χ4n) is 4.10. The van der Waals surface area contributed by atoms with Gasteiger partial charge in [0.15, 0.2) is 0 Å². The number of carbonyl (C=O) groups excluding carboxylic acids is 1. The maximum Gasteiger partial charge on any atom is 0.227 e. The van der Waals surface area contributed by atoms with Crippen LogP contribution in [0.3, 0.4) is 0 Å². The number of aromatic nitrogens is 2. The molecule has 1 aromatic carbocycles. The number of aryl methyl sites for hydroxylation is 2. The van der Waals surface area contributed by atoms with Crippen molar-refractivity contribution in [1.82, 2.24) is 19.9 Å². The van der Waals surface area contributed by atoms with Crippen molar-refractivity contribution in [2.45, 2.75) is 39.0 Å². The van der Waals surface area contributed by atoms with Gasteiger partial charge in [0.25, 0.3) is 0 Å². The molecule has 0 N–H and O–H groups in total. The maximum atomic E-state index is 12.6. The van der Waals surface area contributed by atoms with Gasteiger partial charge in [0, 0.05) is 44.1 Å². The molecule has 0 spiro atoms. The molecule has 0 saturated carbocycles. The molecule has 6 nitrogen and oxygen atoms in total. The van der Waals surface area contributed by atoms with Gasteiger partial charge < -0.3 is 9.42 Å². The van der Waals surface area contributed by atoms with Crippen molar-refractivity contribution in [3.05, 3.63) is 47.9 Å². The molecule has 1 saturated heterocycles. The predicted molar refractivity (Wildman–Crippen MR) is 112 cm³/mol. The van der Waals surface area contributed by atoms with Crippen molar-refractivity contribution < 1.29 is 9.32 Å². The van der Waals surface area contributed by atoms with Gasteiger partial charge in [0.2, 0.25) is 17.6 Å². The van der Waals surface area contributed by atoms with Crippen molar-refractivity contribution >= 4 is 5.91 Å². The van der Waals surface area contributed by atoms with Gasteiger partial charge in [-0.15, -0.1) is 0 Å². The second-order valence-electron chi connectivity index (χ2n) is 8.13. The number of benzene rings is 1. The quantitative estimate of drug-likeness (QED) is 0.702. The second kappa shape index (κ2) is 9.35. The zero-order valence-corrected chi connectivity index (χ0v) is 17.2. The van der Waals surface area contributed by atoms with E-state index in [1.807, 2.05) is 12.1 Å². The van der Waals surface area contributed by atoms with Crippen LogP contribution in [0, 0.1) is 12.8 Å². The van der Waals surface area contributed by atoms with Crippen LogP contribution in [-0.2, 0) is 11.2 Å². The highest BCUT2D eigenvalue weighted by Crippen LogP contribution is 2.21. The molecule has 1 amide bonds. The Labute approximate surface area is 172 Å². The van der Waals surface area contributed by atoms with Crippen LogP contribution in [0.1, 0.15) is 37.1 Å². The summed E-state index contributed by atoms with van der Waals surface area (Å²) < 4.78 is 5.42. The smallest absolute Gasteiger partial charge is 0.227 e. The van der Waals surface area contributed by atoms with Crippen molar-refractivity contribution in [1.29, 1.82) is 0 Å². The van der Waals surface area contributed by atoms with E-state index >= 15 is 0 Å². The molecular formula is C23H30N4O2. The summed E-state index contributed by atoms with van der Waals surface area (Å²) in [5, 5.41) is 4.11. The summed E-state index contributed by atoms with van der Waals surface area (Å²) in [7, 11) is 0. The van der Waals surface area contributed by atoms with Gasteiger partial charge in [0.1, 0.15) is 0 Å². The summed E-state index contributed by atoms with van der Waals surface area (Å²) in [6.07, 6.45) is 9.07. The van der Waals surface area contributed by atoms with Crippen LogP contribution >= 0.6 is 0 Å². The van der Waals surface area contributed by atoms with E-state index in [0.29, 0.717) is 17.6 Å². The lowest BCUT2D eigenvalue weighted by molar-refractivity contribution is -0.137. The van der Waals surface area contributed by atoms with Gasteiger partial charge in [-0.05, 0) is 39.2 Å². The van der Waals surface area contributed by atoms with Gasteiger partial charge in [-0.3, -0.25) is 9.69 Å². The summed E-state index contributed by atoms with van der Waals surface area (Å²) in [4.78, 5) is 21.7. The normalized spacial score (nSPS) is 20.2. The van der Waals surface area contributed by atoms with Gasteiger partial charge in [-0.2, -0.15) is 4.98 Å². The zero-order chi connectivity index (χ0) is 20.1. The highest BCUT2D eigenvalue weighted by atomic mass is 16.5. The number of nitrogens with zero attached hydrogens (tertiary/aromatic N) is 4. The van der Waals surface area contributed by atoms with Crippen LogP contribution in [0.25, 0.3) is 11.4 Å². The van der Waals surface area contributed by atoms with E-state index in [4.69, 9.17) is 4.52 Å². The summed E-state index contributed by atoms with van der Waals surface area (Å²) in [6.45, 7) is 6.65. The Kier molecular flexibility index (Phi) is 6.39. The molecular weight excluding hydrogens is 364 g/mol. The number of rotatable bonds is 6. The van der Waals surface area contributed by atoms with Gasteiger partial charge in [-0.25, -0.2) is 0 Å². The molecule has 0 bridgehead atoms. The number of hydrogen-bond acceptors (Lipinski definition) is 5. The third-order valence-corrected chi connectivity index (χ3v) is 5.95. The topological polar surface area (TPSA) is 62.5 Å². The fourth-order valence-corrected chi connectivity index (χ4v) is 4.10. The average molecular weight is 395 g/mol. The van der Waals surface area contributed by atoms with E-state index in [2.05, 4.69) is 51.1 Å². The maximum absolute atomic E-state index is 12.6. The Morgan fingerprint density at radius 2 is 1.93 bits per heavy atom. The first-order valence-electron chi connectivity index (χ1n) is 10.7. The summed E-state index contributed by atoms with van der Waals surface area (Å²) >= 11 is 0. The van der Waals surface area contributed by atoms with Crippen molar-refractivity contribution in [3.63, 3.8) is 0 Å². The molecule has 6 heteroatoms. The van der Waals surface area contributed by atoms with Crippen LogP contribution in [0.2, 0.25) is 0 Å². The highest BCUT2D eigenvalue weighted by molar-refractivity contribution is 5.79. The molecule has 2 aliphatic rings. The van der Waals surface area contributed by atoms with Crippen molar-refractivity contribution in [2.75, 3.05) is 32.7 Å². The minimum atomic E-state index is 0.201. The van der Waals surface area contributed by atoms with Crippen LogP contribution in [0.5, 0.6) is 0 Å². The van der Waals surface area contributed by atoms with Gasteiger partial charge >= 0.3 is 0 Å².